The average Bonchev–Trinajstić information content (AvgIpc) is 2.36. The van der Waals surface area contributed by atoms with Crippen molar-refractivity contribution in [2.24, 2.45) is 5.92 Å². The molecule has 1 aromatic rings. The van der Waals surface area contributed by atoms with Gasteiger partial charge in [-0.2, -0.15) is 0 Å². The van der Waals surface area contributed by atoms with Crippen LogP contribution in [0.15, 0.2) is 24.3 Å². The van der Waals surface area contributed by atoms with Crippen molar-refractivity contribution in [3.05, 3.63) is 35.4 Å². The number of aliphatic hydroxyl groups is 1. The number of hydrogen-bond donors (Lipinski definition) is 2. The summed E-state index contributed by atoms with van der Waals surface area (Å²) < 4.78 is 0. The van der Waals surface area contributed by atoms with Gasteiger partial charge < -0.3 is 10.4 Å². The van der Waals surface area contributed by atoms with E-state index in [0.29, 0.717) is 18.5 Å². The van der Waals surface area contributed by atoms with Crippen LogP contribution in [0.2, 0.25) is 0 Å². The fourth-order valence-electron chi connectivity index (χ4n) is 3.32. The lowest BCUT2D eigenvalue weighted by molar-refractivity contribution is -0.0134. The molecular weight excluding hydrogens is 234 g/mol. The summed E-state index contributed by atoms with van der Waals surface area (Å²) in [5.74, 6) is 0.648. The largest absolute Gasteiger partial charge is 0.389 e. The van der Waals surface area contributed by atoms with Gasteiger partial charge in [-0.3, -0.25) is 0 Å². The summed E-state index contributed by atoms with van der Waals surface area (Å²) in [6.45, 7) is 7.27. The molecule has 0 aromatic heterocycles. The molecule has 1 aromatic carbocycles. The Morgan fingerprint density at radius 1 is 1.42 bits per heavy atom. The van der Waals surface area contributed by atoms with Gasteiger partial charge in [0.25, 0.3) is 0 Å². The first-order chi connectivity index (χ1) is 9.00. The Morgan fingerprint density at radius 2 is 2.16 bits per heavy atom. The number of nitrogens with one attached hydrogen (secondary N) is 1. The molecule has 0 radical (unpaired) electrons. The summed E-state index contributed by atoms with van der Waals surface area (Å²) in [5, 5.41) is 14.2. The molecule has 1 fully saturated rings. The maximum Gasteiger partial charge on any atom is 0.0774 e. The van der Waals surface area contributed by atoms with Gasteiger partial charge in [0, 0.05) is 12.6 Å². The highest BCUT2D eigenvalue weighted by atomic mass is 16.3. The smallest absolute Gasteiger partial charge is 0.0774 e. The van der Waals surface area contributed by atoms with E-state index in [1.165, 1.54) is 17.5 Å². The molecule has 3 atom stereocenters. The third-order valence-corrected chi connectivity index (χ3v) is 4.46. The minimum atomic E-state index is -0.505. The van der Waals surface area contributed by atoms with E-state index in [4.69, 9.17) is 0 Å². The summed E-state index contributed by atoms with van der Waals surface area (Å²) in [6, 6.07) is 8.76. The second-order valence-corrected chi connectivity index (χ2v) is 6.39. The molecule has 2 rings (SSSR count). The predicted octanol–water partition coefficient (Wildman–Crippen LogP) is 3.59. The van der Waals surface area contributed by atoms with Crippen molar-refractivity contribution in [1.82, 2.24) is 5.32 Å². The Kier molecular flexibility index (Phi) is 4.64. The fraction of sp³-hybridized carbons (Fsp3) is 0.647. The van der Waals surface area contributed by atoms with Crippen LogP contribution in [0.4, 0.5) is 0 Å². The number of rotatable bonds is 4. The lowest BCUT2D eigenvalue weighted by atomic mass is 9.79. The second kappa shape index (κ2) is 6.06. The first kappa shape index (κ1) is 14.5. The summed E-state index contributed by atoms with van der Waals surface area (Å²) in [5.41, 5.74) is 2.13. The molecule has 2 nitrogen and oxygen atoms in total. The molecule has 2 heteroatoms. The highest BCUT2D eigenvalue weighted by Gasteiger charge is 2.32. The van der Waals surface area contributed by atoms with E-state index in [0.717, 1.165) is 19.3 Å². The Balaban J connectivity index is 1.93. The van der Waals surface area contributed by atoms with Crippen LogP contribution in [0.1, 0.15) is 56.7 Å². The first-order valence-electron chi connectivity index (χ1n) is 7.51. The van der Waals surface area contributed by atoms with E-state index in [9.17, 15) is 5.11 Å². The molecule has 0 aliphatic heterocycles. The van der Waals surface area contributed by atoms with E-state index >= 15 is 0 Å². The van der Waals surface area contributed by atoms with Crippen LogP contribution >= 0.6 is 0 Å². The van der Waals surface area contributed by atoms with Crippen molar-refractivity contribution in [1.29, 1.82) is 0 Å². The van der Waals surface area contributed by atoms with E-state index in [1.54, 1.807) is 0 Å². The van der Waals surface area contributed by atoms with Gasteiger partial charge in [-0.15, -0.1) is 0 Å². The lowest BCUT2D eigenvalue weighted by Gasteiger charge is -2.36. The second-order valence-electron chi connectivity index (χ2n) is 6.39. The van der Waals surface area contributed by atoms with Crippen LogP contribution in [0, 0.1) is 12.8 Å². The van der Waals surface area contributed by atoms with Crippen LogP contribution < -0.4 is 5.32 Å². The number of benzene rings is 1. The monoisotopic (exact) mass is 261 g/mol. The summed E-state index contributed by atoms with van der Waals surface area (Å²) in [6.07, 6.45) is 4.28. The zero-order chi connectivity index (χ0) is 13.9. The minimum Gasteiger partial charge on any atom is -0.389 e. The van der Waals surface area contributed by atoms with Crippen LogP contribution in [0.25, 0.3) is 0 Å². The molecule has 0 spiro atoms. The van der Waals surface area contributed by atoms with Gasteiger partial charge in [0.2, 0.25) is 0 Å². The lowest BCUT2D eigenvalue weighted by Crippen LogP contribution is -2.44. The van der Waals surface area contributed by atoms with E-state index < -0.39 is 5.60 Å². The zero-order valence-corrected chi connectivity index (χ0v) is 12.4. The quantitative estimate of drug-likeness (QED) is 0.868. The number of aryl methyl sites for hydroxylation is 1. The number of hydrogen-bond acceptors (Lipinski definition) is 2. The first-order valence-corrected chi connectivity index (χ1v) is 7.51. The fourth-order valence-corrected chi connectivity index (χ4v) is 3.32. The summed E-state index contributed by atoms with van der Waals surface area (Å²) in [4.78, 5) is 0. The van der Waals surface area contributed by atoms with Gasteiger partial charge in [-0.25, -0.2) is 0 Å². The standard InChI is InChI=1S/C17H27NO/c1-13-7-6-10-17(19,11-13)12-18-15(3)16-9-5-4-8-14(16)2/h4-5,8-9,13,15,18-19H,6-7,10-12H2,1-3H3. The van der Waals surface area contributed by atoms with Gasteiger partial charge in [-0.05, 0) is 43.7 Å². The van der Waals surface area contributed by atoms with Crippen molar-refractivity contribution >= 4 is 0 Å². The van der Waals surface area contributed by atoms with E-state index in [2.05, 4.69) is 50.4 Å². The van der Waals surface area contributed by atoms with Crippen molar-refractivity contribution in [2.75, 3.05) is 6.54 Å². The van der Waals surface area contributed by atoms with Gasteiger partial charge in [0.1, 0.15) is 0 Å². The van der Waals surface area contributed by atoms with E-state index in [1.807, 2.05) is 0 Å². The average molecular weight is 261 g/mol. The maximum absolute atomic E-state index is 10.6. The van der Waals surface area contributed by atoms with Crippen molar-refractivity contribution < 1.29 is 5.11 Å². The Bertz CT molecular complexity index is 417. The predicted molar refractivity (Wildman–Crippen MR) is 80.2 cm³/mol. The Labute approximate surface area is 117 Å². The molecule has 2 N–H and O–H groups in total. The van der Waals surface area contributed by atoms with Gasteiger partial charge >= 0.3 is 0 Å². The van der Waals surface area contributed by atoms with Crippen LogP contribution in [0.3, 0.4) is 0 Å². The zero-order valence-electron chi connectivity index (χ0n) is 12.4. The molecule has 1 aliphatic rings. The van der Waals surface area contributed by atoms with Crippen LogP contribution in [0.5, 0.6) is 0 Å². The molecule has 0 bridgehead atoms. The van der Waals surface area contributed by atoms with Crippen LogP contribution in [-0.2, 0) is 0 Å². The van der Waals surface area contributed by atoms with Gasteiger partial charge in [0.05, 0.1) is 5.60 Å². The summed E-state index contributed by atoms with van der Waals surface area (Å²) in [7, 11) is 0. The van der Waals surface area contributed by atoms with Gasteiger partial charge in [0.15, 0.2) is 0 Å². The third kappa shape index (κ3) is 3.80. The Hall–Kier alpha value is -0.860. The topological polar surface area (TPSA) is 32.3 Å². The highest BCUT2D eigenvalue weighted by Crippen LogP contribution is 2.32. The molecule has 106 valence electrons. The van der Waals surface area contributed by atoms with Crippen molar-refractivity contribution in [3.8, 4) is 0 Å². The molecule has 0 amide bonds. The molecule has 0 heterocycles. The molecule has 1 saturated carbocycles. The van der Waals surface area contributed by atoms with Crippen molar-refractivity contribution in [3.63, 3.8) is 0 Å². The van der Waals surface area contributed by atoms with Crippen molar-refractivity contribution in [2.45, 2.75) is 58.1 Å². The normalized spacial score (nSPS) is 29.2. The Morgan fingerprint density at radius 3 is 2.84 bits per heavy atom. The third-order valence-electron chi connectivity index (χ3n) is 4.46. The molecular formula is C17H27NO. The molecule has 0 saturated heterocycles. The van der Waals surface area contributed by atoms with E-state index in [-0.39, 0.29) is 0 Å². The summed E-state index contributed by atoms with van der Waals surface area (Å²) >= 11 is 0. The maximum atomic E-state index is 10.6. The SMILES string of the molecule is Cc1ccccc1C(C)NCC1(O)CCCC(C)C1. The highest BCUT2D eigenvalue weighted by molar-refractivity contribution is 5.28. The minimum absolute atomic E-state index is 0.294. The van der Waals surface area contributed by atoms with Gasteiger partial charge in [-0.1, -0.05) is 44.0 Å². The molecule has 19 heavy (non-hydrogen) atoms. The molecule has 3 unspecified atom stereocenters. The molecule has 1 aliphatic carbocycles. The van der Waals surface area contributed by atoms with Crippen LogP contribution in [-0.4, -0.2) is 17.3 Å².